The lowest BCUT2D eigenvalue weighted by Gasteiger charge is -2.28. The molecule has 150 valence electrons. The van der Waals surface area contributed by atoms with Crippen molar-refractivity contribution in [3.63, 3.8) is 0 Å². The van der Waals surface area contributed by atoms with Crippen molar-refractivity contribution < 1.29 is 19.4 Å². The van der Waals surface area contributed by atoms with Gasteiger partial charge in [-0.05, 0) is 55.6 Å². The average Bonchev–Trinajstić information content (AvgIpc) is 3.58. The van der Waals surface area contributed by atoms with Crippen LogP contribution < -0.4 is 0 Å². The van der Waals surface area contributed by atoms with Crippen LogP contribution in [0.1, 0.15) is 49.1 Å². The number of carbonyl (C=O) groups excluding carboxylic acids is 2. The van der Waals surface area contributed by atoms with Gasteiger partial charge in [0.2, 0.25) is 5.78 Å². The van der Waals surface area contributed by atoms with Gasteiger partial charge in [-0.1, -0.05) is 60.7 Å². The van der Waals surface area contributed by atoms with Crippen molar-refractivity contribution in [3.8, 4) is 0 Å². The summed E-state index contributed by atoms with van der Waals surface area (Å²) in [4.78, 5) is 25.5. The summed E-state index contributed by atoms with van der Waals surface area (Å²) in [6.07, 6.45) is 4.11. The van der Waals surface area contributed by atoms with Crippen molar-refractivity contribution in [2.45, 2.75) is 50.5 Å². The highest BCUT2D eigenvalue weighted by Crippen LogP contribution is 2.48. The standard InChI is InChI=1S/C25H26O4/c26-23-20(14-8-7-11-17-9-3-1-4-10-17)29-25(28)22(24(23)27)21(19-15-16-19)18-12-5-2-6-13-18/h1-6,9-10,12-13,19-21,27H,7-8,11,14-16H2. The van der Waals surface area contributed by atoms with Crippen LogP contribution in [0.2, 0.25) is 0 Å². The number of hydrogen-bond donors (Lipinski definition) is 1. The van der Waals surface area contributed by atoms with Crippen LogP contribution in [-0.4, -0.2) is 23.0 Å². The van der Waals surface area contributed by atoms with Crippen LogP contribution in [0.4, 0.5) is 0 Å². The van der Waals surface area contributed by atoms with Gasteiger partial charge >= 0.3 is 5.97 Å². The van der Waals surface area contributed by atoms with Crippen LogP contribution in [0.15, 0.2) is 72.0 Å². The summed E-state index contributed by atoms with van der Waals surface area (Å²) >= 11 is 0. The number of Topliss-reactive ketones (excluding diaryl/α,β-unsaturated/α-hetero) is 1. The van der Waals surface area contributed by atoms with E-state index in [9.17, 15) is 14.7 Å². The van der Waals surface area contributed by atoms with Crippen LogP contribution >= 0.6 is 0 Å². The molecule has 4 rings (SSSR count). The molecule has 0 spiro atoms. The molecule has 29 heavy (non-hydrogen) atoms. The predicted molar refractivity (Wildman–Crippen MR) is 110 cm³/mol. The summed E-state index contributed by atoms with van der Waals surface area (Å²) in [6.45, 7) is 0. The van der Waals surface area contributed by atoms with Gasteiger partial charge in [-0.15, -0.1) is 0 Å². The van der Waals surface area contributed by atoms with E-state index in [0.29, 0.717) is 6.42 Å². The Balaban J connectivity index is 1.44. The quantitative estimate of drug-likeness (QED) is 0.514. The highest BCUT2D eigenvalue weighted by atomic mass is 16.6. The van der Waals surface area contributed by atoms with E-state index < -0.39 is 23.6 Å². The maximum Gasteiger partial charge on any atom is 0.339 e. The number of carbonyl (C=O) groups is 2. The van der Waals surface area contributed by atoms with Gasteiger partial charge in [-0.3, -0.25) is 4.79 Å². The zero-order valence-electron chi connectivity index (χ0n) is 16.4. The van der Waals surface area contributed by atoms with E-state index in [1.165, 1.54) is 5.56 Å². The number of esters is 1. The Kier molecular flexibility index (Phi) is 5.79. The number of aliphatic hydroxyl groups excluding tert-OH is 1. The number of unbranched alkanes of at least 4 members (excludes halogenated alkanes) is 1. The monoisotopic (exact) mass is 390 g/mol. The Morgan fingerprint density at radius 2 is 1.59 bits per heavy atom. The smallest absolute Gasteiger partial charge is 0.339 e. The maximum absolute atomic E-state index is 12.8. The van der Waals surface area contributed by atoms with Gasteiger partial charge in [0.1, 0.15) is 0 Å². The van der Waals surface area contributed by atoms with E-state index in [-0.39, 0.29) is 17.4 Å². The molecule has 0 bridgehead atoms. The molecule has 2 aliphatic rings. The summed E-state index contributed by atoms with van der Waals surface area (Å²) in [7, 11) is 0. The zero-order chi connectivity index (χ0) is 20.2. The van der Waals surface area contributed by atoms with Crippen LogP contribution in [0, 0.1) is 5.92 Å². The molecule has 2 atom stereocenters. The SMILES string of the molecule is O=C1OC(CCCCc2ccccc2)C(=O)C(O)=C1C(c1ccccc1)C1CC1. The summed E-state index contributed by atoms with van der Waals surface area (Å²) in [6, 6.07) is 19.8. The third-order valence-corrected chi connectivity index (χ3v) is 5.84. The van der Waals surface area contributed by atoms with E-state index in [2.05, 4.69) is 12.1 Å². The van der Waals surface area contributed by atoms with Gasteiger partial charge in [0, 0.05) is 5.92 Å². The summed E-state index contributed by atoms with van der Waals surface area (Å²) in [5.41, 5.74) is 2.34. The highest BCUT2D eigenvalue weighted by molar-refractivity contribution is 6.09. The lowest BCUT2D eigenvalue weighted by molar-refractivity contribution is -0.155. The number of hydrogen-bond acceptors (Lipinski definition) is 4. The normalized spacial score (nSPS) is 20.5. The van der Waals surface area contributed by atoms with Gasteiger partial charge in [-0.2, -0.15) is 0 Å². The second-order valence-corrected chi connectivity index (χ2v) is 7.98. The Bertz CT molecular complexity index is 897. The molecule has 2 aromatic rings. The number of aryl methyl sites for hydroxylation is 1. The van der Waals surface area contributed by atoms with Gasteiger partial charge in [-0.25, -0.2) is 4.79 Å². The molecule has 2 aromatic carbocycles. The number of ether oxygens (including phenoxy) is 1. The zero-order valence-corrected chi connectivity index (χ0v) is 16.4. The van der Waals surface area contributed by atoms with Gasteiger partial charge < -0.3 is 9.84 Å². The van der Waals surface area contributed by atoms with Crippen molar-refractivity contribution in [3.05, 3.63) is 83.1 Å². The molecular weight excluding hydrogens is 364 g/mol. The first-order valence-corrected chi connectivity index (χ1v) is 10.4. The maximum atomic E-state index is 12.8. The lowest BCUT2D eigenvalue weighted by Crippen LogP contribution is -2.37. The predicted octanol–water partition coefficient (Wildman–Crippen LogP) is 4.90. The molecule has 1 fully saturated rings. The molecule has 1 aliphatic carbocycles. The fourth-order valence-electron chi connectivity index (χ4n) is 4.16. The molecule has 0 aromatic heterocycles. The molecule has 0 amide bonds. The molecule has 4 heteroatoms. The minimum Gasteiger partial charge on any atom is -0.504 e. The highest BCUT2D eigenvalue weighted by Gasteiger charge is 2.45. The molecule has 4 nitrogen and oxygen atoms in total. The van der Waals surface area contributed by atoms with Gasteiger partial charge in [0.15, 0.2) is 11.9 Å². The largest absolute Gasteiger partial charge is 0.504 e. The Morgan fingerprint density at radius 3 is 2.24 bits per heavy atom. The summed E-state index contributed by atoms with van der Waals surface area (Å²) in [5.74, 6) is -1.39. The van der Waals surface area contributed by atoms with Crippen molar-refractivity contribution in [1.29, 1.82) is 0 Å². The first-order chi connectivity index (χ1) is 14.1. The minimum atomic E-state index is -0.877. The van der Waals surface area contributed by atoms with E-state index in [1.54, 1.807) is 0 Å². The van der Waals surface area contributed by atoms with E-state index in [4.69, 9.17) is 4.74 Å². The second kappa shape index (κ2) is 8.64. The number of cyclic esters (lactones) is 1. The second-order valence-electron chi connectivity index (χ2n) is 7.98. The molecule has 0 saturated heterocycles. The van der Waals surface area contributed by atoms with Crippen LogP contribution in [0.3, 0.4) is 0 Å². The van der Waals surface area contributed by atoms with E-state index in [0.717, 1.165) is 37.7 Å². The van der Waals surface area contributed by atoms with Crippen molar-refractivity contribution >= 4 is 11.8 Å². The minimum absolute atomic E-state index is 0.143. The Morgan fingerprint density at radius 1 is 0.931 bits per heavy atom. The molecule has 0 radical (unpaired) electrons. The van der Waals surface area contributed by atoms with Crippen molar-refractivity contribution in [2.75, 3.05) is 0 Å². The van der Waals surface area contributed by atoms with Gasteiger partial charge in [0.25, 0.3) is 0 Å². The molecule has 1 saturated carbocycles. The van der Waals surface area contributed by atoms with Crippen molar-refractivity contribution in [1.82, 2.24) is 0 Å². The van der Waals surface area contributed by atoms with E-state index >= 15 is 0 Å². The Hall–Kier alpha value is -2.88. The molecule has 2 unspecified atom stereocenters. The fourth-order valence-corrected chi connectivity index (χ4v) is 4.16. The molecular formula is C25H26O4. The molecule has 1 N–H and O–H groups in total. The van der Waals surface area contributed by atoms with Crippen molar-refractivity contribution in [2.24, 2.45) is 5.92 Å². The fraction of sp³-hybridized carbons (Fsp3) is 0.360. The first kappa shape index (κ1) is 19.4. The molecule has 1 aliphatic heterocycles. The number of benzene rings is 2. The molecule has 1 heterocycles. The number of ketones is 1. The van der Waals surface area contributed by atoms with E-state index in [1.807, 2.05) is 48.5 Å². The van der Waals surface area contributed by atoms with Gasteiger partial charge in [0.05, 0.1) is 5.57 Å². The van der Waals surface area contributed by atoms with Crippen LogP contribution in [0.5, 0.6) is 0 Å². The third kappa shape index (κ3) is 4.42. The summed E-state index contributed by atoms with van der Waals surface area (Å²) < 4.78 is 5.51. The lowest BCUT2D eigenvalue weighted by atomic mass is 9.83. The topological polar surface area (TPSA) is 63.6 Å². The van der Waals surface area contributed by atoms with Crippen LogP contribution in [0.25, 0.3) is 0 Å². The number of rotatable bonds is 8. The Labute approximate surface area is 171 Å². The third-order valence-electron chi connectivity index (χ3n) is 5.84. The summed E-state index contributed by atoms with van der Waals surface area (Å²) in [5, 5.41) is 10.7. The number of aliphatic hydroxyl groups is 1. The average molecular weight is 390 g/mol. The first-order valence-electron chi connectivity index (χ1n) is 10.4. The van der Waals surface area contributed by atoms with Crippen LogP contribution in [-0.2, 0) is 20.7 Å².